The van der Waals surface area contributed by atoms with Crippen molar-refractivity contribution < 1.29 is 14.3 Å². The van der Waals surface area contributed by atoms with Crippen LogP contribution < -0.4 is 4.74 Å². The molecule has 0 saturated carbocycles. The van der Waals surface area contributed by atoms with Crippen LogP contribution >= 0.6 is 11.3 Å². The number of fused-ring (bicyclic) bond motifs is 1. The van der Waals surface area contributed by atoms with Gasteiger partial charge in [0.25, 0.3) is 0 Å². The summed E-state index contributed by atoms with van der Waals surface area (Å²) in [6.45, 7) is 2.51. The van der Waals surface area contributed by atoms with Gasteiger partial charge in [-0.05, 0) is 49.7 Å². The molecule has 27 heavy (non-hydrogen) atoms. The number of para-hydroxylation sites is 1. The van der Waals surface area contributed by atoms with Crippen molar-refractivity contribution in [3.8, 4) is 5.75 Å². The van der Waals surface area contributed by atoms with Gasteiger partial charge in [0.2, 0.25) is 5.91 Å². The van der Waals surface area contributed by atoms with E-state index in [1.165, 1.54) is 6.92 Å². The predicted octanol–water partition coefficient (Wildman–Crippen LogP) is 4.32. The topological polar surface area (TPSA) is 59.5 Å². The fraction of sp³-hybridized carbons (Fsp3) is 0.286. The molecule has 1 amide bonds. The second-order valence-electron chi connectivity index (χ2n) is 6.36. The van der Waals surface area contributed by atoms with E-state index in [9.17, 15) is 9.59 Å². The Morgan fingerprint density at radius 1 is 1.11 bits per heavy atom. The smallest absolute Gasteiger partial charge is 0.222 e. The molecule has 0 radical (unpaired) electrons. The van der Waals surface area contributed by atoms with Gasteiger partial charge in [0.05, 0.1) is 23.4 Å². The van der Waals surface area contributed by atoms with Gasteiger partial charge in [-0.25, -0.2) is 4.98 Å². The highest BCUT2D eigenvalue weighted by Crippen LogP contribution is 2.22. The first kappa shape index (κ1) is 19.0. The van der Waals surface area contributed by atoms with E-state index in [1.54, 1.807) is 47.5 Å². The van der Waals surface area contributed by atoms with E-state index in [2.05, 4.69) is 4.98 Å². The number of thiazole rings is 1. The quantitative estimate of drug-likeness (QED) is 0.430. The van der Waals surface area contributed by atoms with Crippen molar-refractivity contribution in [2.75, 3.05) is 13.7 Å². The average Bonchev–Trinajstić information content (AvgIpc) is 3.07. The maximum absolute atomic E-state index is 12.3. The second kappa shape index (κ2) is 8.77. The molecule has 6 heteroatoms. The first-order chi connectivity index (χ1) is 13.0. The Morgan fingerprint density at radius 2 is 1.85 bits per heavy atom. The largest absolute Gasteiger partial charge is 0.494 e. The summed E-state index contributed by atoms with van der Waals surface area (Å²) >= 11 is 1.62. The number of ether oxygens (including phenoxy) is 1. The van der Waals surface area contributed by atoms with E-state index in [1.807, 2.05) is 24.3 Å². The van der Waals surface area contributed by atoms with Crippen molar-refractivity contribution in [1.29, 1.82) is 0 Å². The van der Waals surface area contributed by atoms with Crippen molar-refractivity contribution >= 4 is 33.2 Å². The van der Waals surface area contributed by atoms with Crippen LogP contribution in [0.1, 0.15) is 35.1 Å². The lowest BCUT2D eigenvalue weighted by atomic mass is 10.1. The second-order valence-corrected chi connectivity index (χ2v) is 7.47. The van der Waals surface area contributed by atoms with E-state index in [4.69, 9.17) is 4.74 Å². The Morgan fingerprint density at radius 3 is 2.56 bits per heavy atom. The third kappa shape index (κ3) is 5.14. The summed E-state index contributed by atoms with van der Waals surface area (Å²) in [6.07, 6.45) is 1.06. The first-order valence-corrected chi connectivity index (χ1v) is 9.67. The standard InChI is InChI=1S/C21H22N2O3S/c1-15(24)16-9-11-17(12-10-16)26-13-5-8-21(25)23(2)14-20-22-18-6-3-4-7-19(18)27-20/h3-4,6-7,9-12H,5,8,13-14H2,1-2H3. The van der Waals surface area contributed by atoms with E-state index < -0.39 is 0 Å². The lowest BCUT2D eigenvalue weighted by Gasteiger charge is -2.15. The molecule has 2 aromatic carbocycles. The lowest BCUT2D eigenvalue weighted by molar-refractivity contribution is -0.130. The monoisotopic (exact) mass is 382 g/mol. The van der Waals surface area contributed by atoms with Gasteiger partial charge in [-0.1, -0.05) is 12.1 Å². The summed E-state index contributed by atoms with van der Waals surface area (Å²) in [6, 6.07) is 15.0. The van der Waals surface area contributed by atoms with E-state index in [-0.39, 0.29) is 11.7 Å². The molecule has 0 aliphatic heterocycles. The van der Waals surface area contributed by atoms with E-state index in [0.29, 0.717) is 37.3 Å². The Bertz CT molecular complexity index is 901. The molecule has 0 aliphatic carbocycles. The number of Topliss-reactive ketones (excluding diaryl/α,β-unsaturated/α-hetero) is 1. The molecule has 5 nitrogen and oxygen atoms in total. The third-order valence-corrected chi connectivity index (χ3v) is 5.22. The Balaban J connectivity index is 1.42. The molecule has 0 bridgehead atoms. The van der Waals surface area contributed by atoms with Crippen LogP contribution in [0.2, 0.25) is 0 Å². The molecule has 0 spiro atoms. The summed E-state index contributed by atoms with van der Waals surface area (Å²) in [5, 5.41) is 0.939. The number of amides is 1. The first-order valence-electron chi connectivity index (χ1n) is 8.85. The number of ketones is 1. The molecule has 3 rings (SSSR count). The lowest BCUT2D eigenvalue weighted by Crippen LogP contribution is -2.26. The summed E-state index contributed by atoms with van der Waals surface area (Å²) in [5.41, 5.74) is 1.64. The molecular formula is C21H22N2O3S. The van der Waals surface area contributed by atoms with Gasteiger partial charge in [0, 0.05) is 19.0 Å². The predicted molar refractivity (Wildman–Crippen MR) is 107 cm³/mol. The summed E-state index contributed by atoms with van der Waals surface area (Å²) in [4.78, 5) is 29.8. The number of hydrogen-bond donors (Lipinski definition) is 0. The maximum atomic E-state index is 12.3. The number of carbonyl (C=O) groups is 2. The van der Waals surface area contributed by atoms with E-state index >= 15 is 0 Å². The molecule has 0 atom stereocenters. The van der Waals surface area contributed by atoms with Crippen molar-refractivity contribution in [2.24, 2.45) is 0 Å². The number of benzene rings is 2. The molecule has 0 unspecified atom stereocenters. The molecule has 3 aromatic rings. The number of hydrogen-bond acceptors (Lipinski definition) is 5. The van der Waals surface area contributed by atoms with Crippen molar-refractivity contribution in [2.45, 2.75) is 26.3 Å². The zero-order chi connectivity index (χ0) is 19.2. The highest BCUT2D eigenvalue weighted by Gasteiger charge is 2.12. The maximum Gasteiger partial charge on any atom is 0.222 e. The fourth-order valence-corrected chi connectivity index (χ4v) is 3.69. The molecule has 0 N–H and O–H groups in total. The molecule has 1 heterocycles. The Labute approximate surface area is 162 Å². The summed E-state index contributed by atoms with van der Waals surface area (Å²) in [7, 11) is 1.80. The van der Waals surface area contributed by atoms with Gasteiger partial charge < -0.3 is 9.64 Å². The van der Waals surface area contributed by atoms with Crippen LogP contribution in [0.15, 0.2) is 48.5 Å². The third-order valence-electron chi connectivity index (χ3n) is 4.20. The van der Waals surface area contributed by atoms with Crippen LogP contribution in [-0.2, 0) is 11.3 Å². The van der Waals surface area contributed by atoms with Gasteiger partial charge >= 0.3 is 0 Å². The zero-order valence-corrected chi connectivity index (χ0v) is 16.3. The molecule has 140 valence electrons. The van der Waals surface area contributed by atoms with Crippen LogP contribution in [0.3, 0.4) is 0 Å². The number of aromatic nitrogens is 1. The van der Waals surface area contributed by atoms with Crippen molar-refractivity contribution in [3.63, 3.8) is 0 Å². The van der Waals surface area contributed by atoms with Crippen molar-refractivity contribution in [3.05, 3.63) is 59.1 Å². The number of nitrogens with zero attached hydrogens (tertiary/aromatic N) is 2. The molecule has 0 saturated heterocycles. The highest BCUT2D eigenvalue weighted by molar-refractivity contribution is 7.18. The number of rotatable bonds is 8. The molecule has 1 aromatic heterocycles. The zero-order valence-electron chi connectivity index (χ0n) is 15.5. The average molecular weight is 382 g/mol. The molecular weight excluding hydrogens is 360 g/mol. The van der Waals surface area contributed by atoms with E-state index in [0.717, 1.165) is 15.2 Å². The van der Waals surface area contributed by atoms with Crippen molar-refractivity contribution in [1.82, 2.24) is 9.88 Å². The van der Waals surface area contributed by atoms with Crippen LogP contribution in [0.5, 0.6) is 5.75 Å². The Hall–Kier alpha value is -2.73. The Kier molecular flexibility index (Phi) is 6.19. The molecule has 0 fully saturated rings. The fourth-order valence-electron chi connectivity index (χ4n) is 2.67. The summed E-state index contributed by atoms with van der Waals surface area (Å²) in [5.74, 6) is 0.809. The minimum Gasteiger partial charge on any atom is -0.494 e. The van der Waals surface area contributed by atoms with Gasteiger partial charge in [-0.15, -0.1) is 11.3 Å². The van der Waals surface area contributed by atoms with Crippen LogP contribution in [0.25, 0.3) is 10.2 Å². The van der Waals surface area contributed by atoms with Gasteiger partial charge in [0.1, 0.15) is 10.8 Å². The SMILES string of the molecule is CC(=O)c1ccc(OCCCC(=O)N(C)Cc2nc3ccccc3s2)cc1. The van der Waals surface area contributed by atoms with Crippen LogP contribution in [-0.4, -0.2) is 35.2 Å². The normalized spacial score (nSPS) is 10.7. The van der Waals surface area contributed by atoms with Crippen LogP contribution in [0.4, 0.5) is 0 Å². The number of carbonyl (C=O) groups excluding carboxylic acids is 2. The van der Waals surface area contributed by atoms with Crippen LogP contribution in [0, 0.1) is 0 Å². The minimum atomic E-state index is 0.0308. The van der Waals surface area contributed by atoms with Gasteiger partial charge in [0.15, 0.2) is 5.78 Å². The highest BCUT2D eigenvalue weighted by atomic mass is 32.1. The van der Waals surface area contributed by atoms with Gasteiger partial charge in [-0.3, -0.25) is 9.59 Å². The minimum absolute atomic E-state index is 0.0308. The summed E-state index contributed by atoms with van der Waals surface area (Å²) < 4.78 is 6.77. The molecule has 0 aliphatic rings. The van der Waals surface area contributed by atoms with Gasteiger partial charge in [-0.2, -0.15) is 0 Å².